The van der Waals surface area contributed by atoms with Crippen LogP contribution in [0.3, 0.4) is 0 Å². The zero-order chi connectivity index (χ0) is 10.8. The first-order valence-electron chi connectivity index (χ1n) is 4.11. The van der Waals surface area contributed by atoms with E-state index in [-0.39, 0.29) is 5.69 Å². The second kappa shape index (κ2) is 3.70. The summed E-state index contributed by atoms with van der Waals surface area (Å²) >= 11 is 5.78. The number of imidazole rings is 1. The fourth-order valence-corrected chi connectivity index (χ4v) is 1.43. The van der Waals surface area contributed by atoms with Crippen molar-refractivity contribution in [3.63, 3.8) is 0 Å². The smallest absolute Gasteiger partial charge is 0.293 e. The SMILES string of the molecule is O=[N+]([O-])c1ccc(Cl)cc1-n1ccnc1. The molecular weight excluding hydrogens is 218 g/mol. The predicted molar refractivity (Wildman–Crippen MR) is 55.2 cm³/mol. The van der Waals surface area contributed by atoms with Gasteiger partial charge in [0.25, 0.3) is 5.69 Å². The number of nitro benzene ring substituents is 1. The van der Waals surface area contributed by atoms with Gasteiger partial charge in [0.15, 0.2) is 0 Å². The van der Waals surface area contributed by atoms with Crippen LogP contribution in [0, 0.1) is 10.1 Å². The minimum atomic E-state index is -0.453. The van der Waals surface area contributed by atoms with Gasteiger partial charge in [-0.25, -0.2) is 4.98 Å². The molecule has 76 valence electrons. The summed E-state index contributed by atoms with van der Waals surface area (Å²) < 4.78 is 1.55. The molecule has 0 N–H and O–H groups in total. The number of aromatic nitrogens is 2. The lowest BCUT2D eigenvalue weighted by atomic mass is 10.2. The largest absolute Gasteiger partial charge is 0.300 e. The number of nitrogens with zero attached hydrogens (tertiary/aromatic N) is 3. The van der Waals surface area contributed by atoms with Crippen LogP contribution in [0.25, 0.3) is 5.69 Å². The number of benzene rings is 1. The molecule has 0 aliphatic carbocycles. The van der Waals surface area contributed by atoms with Gasteiger partial charge >= 0.3 is 0 Å². The first-order chi connectivity index (χ1) is 7.18. The second-order valence-electron chi connectivity index (χ2n) is 2.86. The highest BCUT2D eigenvalue weighted by Crippen LogP contribution is 2.25. The maximum atomic E-state index is 10.8. The summed E-state index contributed by atoms with van der Waals surface area (Å²) in [6.07, 6.45) is 4.65. The van der Waals surface area contributed by atoms with E-state index in [1.807, 2.05) is 0 Å². The Labute approximate surface area is 90.1 Å². The summed E-state index contributed by atoms with van der Waals surface area (Å²) in [5.41, 5.74) is 0.405. The molecule has 0 atom stereocenters. The summed E-state index contributed by atoms with van der Waals surface area (Å²) in [5.74, 6) is 0. The first-order valence-corrected chi connectivity index (χ1v) is 4.48. The van der Waals surface area contributed by atoms with Gasteiger partial charge in [-0.3, -0.25) is 10.1 Å². The van der Waals surface area contributed by atoms with Gasteiger partial charge in [0.2, 0.25) is 0 Å². The first kappa shape index (κ1) is 9.67. The average Bonchev–Trinajstić information content (AvgIpc) is 2.69. The lowest BCUT2D eigenvalue weighted by Gasteiger charge is -2.03. The Morgan fingerprint density at radius 2 is 2.27 bits per heavy atom. The highest BCUT2D eigenvalue weighted by molar-refractivity contribution is 6.30. The fourth-order valence-electron chi connectivity index (χ4n) is 1.26. The van der Waals surface area contributed by atoms with Crippen LogP contribution >= 0.6 is 11.6 Å². The molecule has 2 rings (SSSR count). The molecule has 0 bridgehead atoms. The van der Waals surface area contributed by atoms with E-state index in [9.17, 15) is 10.1 Å². The summed E-state index contributed by atoms with van der Waals surface area (Å²) in [6.45, 7) is 0. The topological polar surface area (TPSA) is 61.0 Å². The number of rotatable bonds is 2. The van der Waals surface area contributed by atoms with Gasteiger partial charge in [-0.2, -0.15) is 0 Å². The van der Waals surface area contributed by atoms with E-state index >= 15 is 0 Å². The molecule has 0 fully saturated rings. The molecule has 1 heterocycles. The Hall–Kier alpha value is -1.88. The summed E-state index contributed by atoms with van der Waals surface area (Å²) in [5, 5.41) is 11.2. The van der Waals surface area contributed by atoms with Crippen molar-refractivity contribution < 1.29 is 4.92 Å². The Morgan fingerprint density at radius 3 is 2.87 bits per heavy atom. The highest BCUT2D eigenvalue weighted by Gasteiger charge is 2.14. The lowest BCUT2D eigenvalue weighted by molar-refractivity contribution is -0.384. The Morgan fingerprint density at radius 1 is 1.47 bits per heavy atom. The minimum Gasteiger partial charge on any atom is -0.300 e. The molecule has 0 amide bonds. The molecule has 0 spiro atoms. The molecule has 0 unspecified atom stereocenters. The third-order valence-corrected chi connectivity index (χ3v) is 2.15. The highest BCUT2D eigenvalue weighted by atomic mass is 35.5. The summed E-state index contributed by atoms with van der Waals surface area (Å²) in [7, 11) is 0. The number of halogens is 1. The third kappa shape index (κ3) is 1.82. The van der Waals surface area contributed by atoms with Crippen molar-refractivity contribution in [2.45, 2.75) is 0 Å². The van der Waals surface area contributed by atoms with Crippen molar-refractivity contribution in [3.05, 3.63) is 52.1 Å². The predicted octanol–water partition coefficient (Wildman–Crippen LogP) is 2.43. The van der Waals surface area contributed by atoms with E-state index in [0.29, 0.717) is 10.7 Å². The Balaban J connectivity index is 2.63. The molecule has 0 aliphatic rings. The zero-order valence-electron chi connectivity index (χ0n) is 7.50. The number of hydrogen-bond donors (Lipinski definition) is 0. The minimum absolute atomic E-state index is 0.00241. The standard InChI is InChI=1S/C9H6ClN3O2/c10-7-1-2-8(13(14)15)9(5-7)12-4-3-11-6-12/h1-6H. The molecule has 1 aromatic heterocycles. The fraction of sp³-hybridized carbons (Fsp3) is 0. The molecule has 2 aromatic rings. The van der Waals surface area contributed by atoms with Crippen LogP contribution in [0.2, 0.25) is 5.02 Å². The van der Waals surface area contributed by atoms with Crippen LogP contribution in [0.15, 0.2) is 36.9 Å². The van der Waals surface area contributed by atoms with Crippen LogP contribution in [0.5, 0.6) is 0 Å². The normalized spacial score (nSPS) is 10.2. The average molecular weight is 224 g/mol. The summed E-state index contributed by atoms with van der Waals surface area (Å²) in [4.78, 5) is 14.1. The molecule has 5 nitrogen and oxygen atoms in total. The van der Waals surface area contributed by atoms with E-state index in [1.165, 1.54) is 24.5 Å². The third-order valence-electron chi connectivity index (χ3n) is 1.92. The zero-order valence-corrected chi connectivity index (χ0v) is 8.26. The van der Waals surface area contributed by atoms with E-state index in [0.717, 1.165) is 0 Å². The van der Waals surface area contributed by atoms with Gasteiger partial charge < -0.3 is 4.57 Å². The van der Waals surface area contributed by atoms with Gasteiger partial charge in [0.05, 0.1) is 11.3 Å². The van der Waals surface area contributed by atoms with Crippen molar-refractivity contribution in [2.24, 2.45) is 0 Å². The number of nitro groups is 1. The molecule has 0 radical (unpaired) electrons. The van der Waals surface area contributed by atoms with Crippen molar-refractivity contribution >= 4 is 17.3 Å². The number of hydrogen-bond acceptors (Lipinski definition) is 3. The van der Waals surface area contributed by atoms with Crippen LogP contribution in [-0.4, -0.2) is 14.5 Å². The summed E-state index contributed by atoms with van der Waals surface area (Å²) in [6, 6.07) is 4.39. The Kier molecular flexibility index (Phi) is 2.39. The van der Waals surface area contributed by atoms with E-state index in [1.54, 1.807) is 17.0 Å². The van der Waals surface area contributed by atoms with E-state index in [4.69, 9.17) is 11.6 Å². The monoisotopic (exact) mass is 223 g/mol. The van der Waals surface area contributed by atoms with Gasteiger partial charge in [0, 0.05) is 23.5 Å². The molecule has 0 aliphatic heterocycles. The Bertz CT molecular complexity index is 496. The molecule has 6 heteroatoms. The van der Waals surface area contributed by atoms with Crippen molar-refractivity contribution in [1.29, 1.82) is 0 Å². The van der Waals surface area contributed by atoms with Crippen molar-refractivity contribution in [1.82, 2.24) is 9.55 Å². The van der Waals surface area contributed by atoms with Gasteiger partial charge in [-0.15, -0.1) is 0 Å². The van der Waals surface area contributed by atoms with Gasteiger partial charge in [-0.1, -0.05) is 11.6 Å². The van der Waals surface area contributed by atoms with Crippen LogP contribution in [0.4, 0.5) is 5.69 Å². The lowest BCUT2D eigenvalue weighted by Crippen LogP contribution is -1.97. The van der Waals surface area contributed by atoms with Crippen molar-refractivity contribution in [2.75, 3.05) is 0 Å². The van der Waals surface area contributed by atoms with Gasteiger partial charge in [0.1, 0.15) is 5.69 Å². The van der Waals surface area contributed by atoms with Gasteiger partial charge in [-0.05, 0) is 12.1 Å². The molecule has 0 saturated heterocycles. The molecule has 1 aromatic carbocycles. The van der Waals surface area contributed by atoms with Crippen LogP contribution in [0.1, 0.15) is 0 Å². The second-order valence-corrected chi connectivity index (χ2v) is 3.30. The molecule has 0 saturated carbocycles. The maximum absolute atomic E-state index is 10.8. The van der Waals surface area contributed by atoms with E-state index in [2.05, 4.69) is 4.98 Å². The quantitative estimate of drug-likeness (QED) is 0.580. The molecular formula is C9H6ClN3O2. The van der Waals surface area contributed by atoms with E-state index < -0.39 is 4.92 Å². The molecule has 15 heavy (non-hydrogen) atoms. The van der Waals surface area contributed by atoms with Crippen molar-refractivity contribution in [3.8, 4) is 5.69 Å². The van der Waals surface area contributed by atoms with Crippen LogP contribution in [-0.2, 0) is 0 Å². The maximum Gasteiger partial charge on any atom is 0.293 e. The van der Waals surface area contributed by atoms with Crippen LogP contribution < -0.4 is 0 Å².